The minimum absolute atomic E-state index is 0.321. The normalized spacial score (nSPS) is 23.2. The topological polar surface area (TPSA) is 66.4 Å². The summed E-state index contributed by atoms with van der Waals surface area (Å²) in [5, 5.41) is 11.4. The number of carboxylic acids is 1. The van der Waals surface area contributed by atoms with Gasteiger partial charge in [-0.05, 0) is 19.4 Å². The van der Waals surface area contributed by atoms with Crippen molar-refractivity contribution in [2.24, 2.45) is 11.8 Å². The Bertz CT molecular complexity index is 489. The van der Waals surface area contributed by atoms with Crippen LogP contribution in [0.1, 0.15) is 24.9 Å². The Kier molecular flexibility index (Phi) is 3.32. The molecule has 3 atom stereocenters. The van der Waals surface area contributed by atoms with Gasteiger partial charge in [-0.15, -0.1) is 0 Å². The molecule has 0 heterocycles. The van der Waals surface area contributed by atoms with Gasteiger partial charge in [0.15, 0.2) is 0 Å². The lowest BCUT2D eigenvalue weighted by Gasteiger charge is -2.14. The second kappa shape index (κ2) is 4.76. The number of amides is 1. The molecule has 2 rings (SSSR count). The summed E-state index contributed by atoms with van der Waals surface area (Å²) in [6, 6.07) is 5.73. The first-order chi connectivity index (χ1) is 8.50. The second-order valence-electron chi connectivity index (χ2n) is 4.54. The molecule has 0 spiro atoms. The number of nitrogens with one attached hydrogen (secondary N) is 1. The summed E-state index contributed by atoms with van der Waals surface area (Å²) < 4.78 is 13.5. The van der Waals surface area contributed by atoms with E-state index in [-0.39, 0.29) is 11.7 Å². The molecule has 1 saturated carbocycles. The van der Waals surface area contributed by atoms with Gasteiger partial charge in [0.2, 0.25) is 5.91 Å². The highest BCUT2D eigenvalue weighted by Crippen LogP contribution is 2.39. The van der Waals surface area contributed by atoms with Gasteiger partial charge in [0, 0.05) is 5.56 Å². The Morgan fingerprint density at radius 2 is 2.06 bits per heavy atom. The summed E-state index contributed by atoms with van der Waals surface area (Å²) in [7, 11) is 0. The van der Waals surface area contributed by atoms with E-state index in [1.165, 1.54) is 6.07 Å². The number of benzene rings is 1. The van der Waals surface area contributed by atoms with Crippen molar-refractivity contribution in [3.8, 4) is 0 Å². The van der Waals surface area contributed by atoms with Crippen molar-refractivity contribution < 1.29 is 19.1 Å². The fraction of sp³-hybridized carbons (Fsp3) is 0.385. The first-order valence-electron chi connectivity index (χ1n) is 5.78. The zero-order chi connectivity index (χ0) is 13.3. The molecular weight excluding hydrogens is 237 g/mol. The zero-order valence-electron chi connectivity index (χ0n) is 9.89. The van der Waals surface area contributed by atoms with Gasteiger partial charge in [0.1, 0.15) is 5.82 Å². The monoisotopic (exact) mass is 251 g/mol. The molecule has 4 nitrogen and oxygen atoms in total. The molecule has 0 unspecified atom stereocenters. The van der Waals surface area contributed by atoms with Gasteiger partial charge in [-0.3, -0.25) is 9.59 Å². The lowest BCUT2D eigenvalue weighted by atomic mass is 10.1. The van der Waals surface area contributed by atoms with E-state index in [2.05, 4.69) is 5.32 Å². The lowest BCUT2D eigenvalue weighted by Crippen LogP contribution is -2.29. The largest absolute Gasteiger partial charge is 0.481 e. The maximum atomic E-state index is 13.5. The minimum atomic E-state index is -0.950. The highest BCUT2D eigenvalue weighted by Gasteiger charge is 2.48. The summed E-state index contributed by atoms with van der Waals surface area (Å²) >= 11 is 0. The average molecular weight is 251 g/mol. The Morgan fingerprint density at radius 1 is 1.39 bits per heavy atom. The number of carboxylic acid groups (broad SMARTS) is 1. The molecule has 1 aromatic carbocycles. The number of carbonyl (C=O) groups excluding carboxylic acids is 1. The van der Waals surface area contributed by atoms with Gasteiger partial charge in [-0.1, -0.05) is 18.2 Å². The van der Waals surface area contributed by atoms with E-state index in [4.69, 9.17) is 5.11 Å². The molecule has 1 aliphatic rings. The standard InChI is InChI=1S/C13H14FNO3/c1-7(8-4-2-3-5-11(8)14)15-12(16)9-6-10(9)13(17)18/h2-5,7,9-10H,6H2,1H3,(H,15,16)(H,17,18)/t7-,9-,10+/m1/s1. The summed E-state index contributed by atoms with van der Waals surface area (Å²) in [6.07, 6.45) is 0.366. The maximum Gasteiger partial charge on any atom is 0.307 e. The molecule has 5 heteroatoms. The summed E-state index contributed by atoms with van der Waals surface area (Å²) in [6.45, 7) is 1.68. The third-order valence-corrected chi connectivity index (χ3v) is 3.17. The van der Waals surface area contributed by atoms with E-state index in [1.54, 1.807) is 25.1 Å². The van der Waals surface area contributed by atoms with Crippen molar-refractivity contribution in [2.45, 2.75) is 19.4 Å². The van der Waals surface area contributed by atoms with Crippen molar-refractivity contribution in [1.29, 1.82) is 0 Å². The van der Waals surface area contributed by atoms with Crippen LogP contribution in [-0.4, -0.2) is 17.0 Å². The van der Waals surface area contributed by atoms with Gasteiger partial charge < -0.3 is 10.4 Å². The van der Waals surface area contributed by atoms with E-state index >= 15 is 0 Å². The van der Waals surface area contributed by atoms with E-state index < -0.39 is 23.8 Å². The van der Waals surface area contributed by atoms with Gasteiger partial charge in [0.05, 0.1) is 17.9 Å². The Hall–Kier alpha value is -1.91. The third kappa shape index (κ3) is 2.50. The average Bonchev–Trinajstić information content (AvgIpc) is 3.09. The molecule has 0 bridgehead atoms. The number of carbonyl (C=O) groups is 2. The van der Waals surface area contributed by atoms with E-state index in [0.717, 1.165) is 0 Å². The van der Waals surface area contributed by atoms with Gasteiger partial charge in [0.25, 0.3) is 0 Å². The molecular formula is C13H14FNO3. The van der Waals surface area contributed by atoms with Crippen LogP contribution >= 0.6 is 0 Å². The first-order valence-corrected chi connectivity index (χ1v) is 5.78. The predicted molar refractivity (Wildman–Crippen MR) is 62.2 cm³/mol. The van der Waals surface area contributed by atoms with Gasteiger partial charge in [-0.2, -0.15) is 0 Å². The molecule has 1 aliphatic carbocycles. The van der Waals surface area contributed by atoms with Crippen LogP contribution in [0, 0.1) is 17.7 Å². The maximum absolute atomic E-state index is 13.5. The van der Waals surface area contributed by atoms with E-state index in [1.807, 2.05) is 0 Å². The van der Waals surface area contributed by atoms with Crippen LogP contribution in [0.3, 0.4) is 0 Å². The Morgan fingerprint density at radius 3 is 2.61 bits per heavy atom. The molecule has 0 aliphatic heterocycles. The predicted octanol–water partition coefficient (Wildman–Crippen LogP) is 1.72. The smallest absolute Gasteiger partial charge is 0.307 e. The second-order valence-corrected chi connectivity index (χ2v) is 4.54. The van der Waals surface area contributed by atoms with Crippen LogP contribution in [0.25, 0.3) is 0 Å². The Balaban J connectivity index is 1.97. The molecule has 1 fully saturated rings. The SMILES string of the molecule is C[C@@H](NC(=O)[C@@H]1C[C@@H]1C(=O)O)c1ccccc1F. The van der Waals surface area contributed by atoms with Crippen molar-refractivity contribution in [2.75, 3.05) is 0 Å². The van der Waals surface area contributed by atoms with Crippen LogP contribution < -0.4 is 5.32 Å². The zero-order valence-corrected chi connectivity index (χ0v) is 9.89. The fourth-order valence-electron chi connectivity index (χ4n) is 1.98. The molecule has 1 amide bonds. The van der Waals surface area contributed by atoms with Crippen LogP contribution in [0.4, 0.5) is 4.39 Å². The van der Waals surface area contributed by atoms with Crippen molar-refractivity contribution in [3.63, 3.8) is 0 Å². The number of rotatable bonds is 4. The Labute approximate surface area is 104 Å². The third-order valence-electron chi connectivity index (χ3n) is 3.17. The van der Waals surface area contributed by atoms with Crippen LogP contribution in [0.5, 0.6) is 0 Å². The van der Waals surface area contributed by atoms with Crippen LogP contribution in [0.2, 0.25) is 0 Å². The number of hydrogen-bond acceptors (Lipinski definition) is 2. The molecule has 2 N–H and O–H groups in total. The molecule has 0 radical (unpaired) electrons. The van der Waals surface area contributed by atoms with Crippen LogP contribution in [0.15, 0.2) is 24.3 Å². The first kappa shape index (κ1) is 12.5. The molecule has 0 aromatic heterocycles. The van der Waals surface area contributed by atoms with Gasteiger partial charge in [-0.25, -0.2) is 4.39 Å². The highest BCUT2D eigenvalue weighted by molar-refractivity contribution is 5.89. The van der Waals surface area contributed by atoms with E-state index in [9.17, 15) is 14.0 Å². The van der Waals surface area contributed by atoms with Crippen molar-refractivity contribution in [1.82, 2.24) is 5.32 Å². The lowest BCUT2D eigenvalue weighted by molar-refractivity contribution is -0.140. The molecule has 18 heavy (non-hydrogen) atoms. The minimum Gasteiger partial charge on any atom is -0.481 e. The fourth-order valence-corrected chi connectivity index (χ4v) is 1.98. The van der Waals surface area contributed by atoms with Gasteiger partial charge >= 0.3 is 5.97 Å². The number of aliphatic carboxylic acids is 1. The quantitative estimate of drug-likeness (QED) is 0.856. The summed E-state index contributed by atoms with van der Waals surface area (Å²) in [5.41, 5.74) is 0.401. The number of hydrogen-bond donors (Lipinski definition) is 2. The van der Waals surface area contributed by atoms with Crippen molar-refractivity contribution >= 4 is 11.9 Å². The number of halogens is 1. The summed E-state index contributed by atoms with van der Waals surface area (Å²) in [5.74, 6) is -2.71. The van der Waals surface area contributed by atoms with Crippen LogP contribution in [-0.2, 0) is 9.59 Å². The van der Waals surface area contributed by atoms with E-state index in [0.29, 0.717) is 12.0 Å². The highest BCUT2D eigenvalue weighted by atomic mass is 19.1. The summed E-state index contributed by atoms with van der Waals surface area (Å²) in [4.78, 5) is 22.4. The molecule has 96 valence electrons. The molecule has 1 aromatic rings. The van der Waals surface area contributed by atoms with Crippen molar-refractivity contribution in [3.05, 3.63) is 35.6 Å². The molecule has 0 saturated heterocycles.